The van der Waals surface area contributed by atoms with E-state index in [0.717, 1.165) is 9.41 Å². The van der Waals surface area contributed by atoms with E-state index in [9.17, 15) is 0 Å². The molecule has 1 rings (SSSR count). The number of thioether (sulfide) groups is 2. The summed E-state index contributed by atoms with van der Waals surface area (Å²) in [5.41, 5.74) is 1.33. The zero-order chi connectivity index (χ0) is 11.3. The molecule has 0 saturated heterocycles. The van der Waals surface area contributed by atoms with E-state index in [1.54, 1.807) is 11.8 Å². The van der Waals surface area contributed by atoms with Crippen molar-refractivity contribution in [1.82, 2.24) is 4.90 Å². The summed E-state index contributed by atoms with van der Waals surface area (Å²) >= 11 is 8.75. The van der Waals surface area contributed by atoms with Crippen LogP contribution in [0.2, 0.25) is 0 Å². The fourth-order valence-electron chi connectivity index (χ4n) is 0.991. The lowest BCUT2D eigenvalue weighted by Crippen LogP contribution is -2.15. The van der Waals surface area contributed by atoms with Crippen LogP contribution < -0.4 is 0 Å². The Morgan fingerprint density at radius 3 is 2.60 bits per heavy atom. The summed E-state index contributed by atoms with van der Waals surface area (Å²) in [6.45, 7) is 2.14. The third-order valence-corrected chi connectivity index (χ3v) is 4.90. The van der Waals surface area contributed by atoms with Gasteiger partial charge in [-0.3, -0.25) is 0 Å². The topological polar surface area (TPSA) is 3.24 Å². The quantitative estimate of drug-likeness (QED) is 0.462. The van der Waals surface area contributed by atoms with Crippen LogP contribution in [0.1, 0.15) is 5.56 Å². The van der Waals surface area contributed by atoms with Crippen molar-refractivity contribution in [1.29, 1.82) is 0 Å². The van der Waals surface area contributed by atoms with E-state index < -0.39 is 0 Å². The minimum atomic E-state index is 0.941. The van der Waals surface area contributed by atoms with Gasteiger partial charge in [-0.1, -0.05) is 42.2 Å². The van der Waals surface area contributed by atoms with Gasteiger partial charge < -0.3 is 4.90 Å². The molecule has 1 aromatic carbocycles. The normalized spacial score (nSPS) is 10.1. The summed E-state index contributed by atoms with van der Waals surface area (Å²) in [6, 6.07) is 8.43. The molecule has 0 N–H and O–H groups in total. The SMILES string of the molecule is Cc1ccccc1SCSC(=S)N(C)C. The van der Waals surface area contributed by atoms with E-state index >= 15 is 0 Å². The smallest absolute Gasteiger partial charge is 0.136 e. The van der Waals surface area contributed by atoms with Crippen molar-refractivity contribution >= 4 is 40.1 Å². The van der Waals surface area contributed by atoms with E-state index in [0.29, 0.717) is 0 Å². The molecule has 0 aromatic heterocycles. The number of benzene rings is 1. The molecule has 1 aromatic rings. The summed E-state index contributed by atoms with van der Waals surface area (Å²) in [6.07, 6.45) is 0. The standard InChI is InChI=1S/C11H15NS3/c1-9-6-4-5-7-10(9)14-8-15-11(13)12(2)3/h4-7H,8H2,1-3H3. The molecule has 0 amide bonds. The van der Waals surface area contributed by atoms with Crippen LogP contribution in [-0.4, -0.2) is 28.4 Å². The maximum Gasteiger partial charge on any atom is 0.136 e. The van der Waals surface area contributed by atoms with Crippen molar-refractivity contribution in [2.24, 2.45) is 0 Å². The van der Waals surface area contributed by atoms with Crippen molar-refractivity contribution in [3.05, 3.63) is 29.8 Å². The van der Waals surface area contributed by atoms with Crippen LogP contribution >= 0.6 is 35.7 Å². The van der Waals surface area contributed by atoms with Crippen molar-refractivity contribution in [2.45, 2.75) is 11.8 Å². The van der Waals surface area contributed by atoms with Gasteiger partial charge in [0.1, 0.15) is 4.32 Å². The molecule has 0 radical (unpaired) electrons. The second-order valence-electron chi connectivity index (χ2n) is 3.33. The second-order valence-corrected chi connectivity index (χ2v) is 6.32. The molecule has 0 atom stereocenters. The van der Waals surface area contributed by atoms with E-state index in [-0.39, 0.29) is 0 Å². The fourth-order valence-corrected chi connectivity index (χ4v) is 3.30. The molecule has 0 aliphatic rings. The molecule has 0 spiro atoms. The highest BCUT2D eigenvalue weighted by molar-refractivity contribution is 8.29. The predicted octanol–water partition coefficient (Wildman–Crippen LogP) is 3.62. The highest BCUT2D eigenvalue weighted by Gasteiger charge is 2.01. The van der Waals surface area contributed by atoms with Crippen molar-refractivity contribution in [2.75, 3.05) is 19.2 Å². The van der Waals surface area contributed by atoms with Crippen LogP contribution in [-0.2, 0) is 0 Å². The van der Waals surface area contributed by atoms with Crippen LogP contribution in [0, 0.1) is 6.92 Å². The number of hydrogen-bond donors (Lipinski definition) is 0. The number of hydrogen-bond acceptors (Lipinski definition) is 3. The van der Waals surface area contributed by atoms with Gasteiger partial charge in [-0.05, 0) is 18.6 Å². The van der Waals surface area contributed by atoms with Gasteiger partial charge in [-0.25, -0.2) is 0 Å². The van der Waals surface area contributed by atoms with Gasteiger partial charge in [-0.2, -0.15) is 0 Å². The Hall–Kier alpha value is -0.190. The first-order valence-corrected chi connectivity index (χ1v) is 7.01. The lowest BCUT2D eigenvalue weighted by Gasteiger charge is -2.12. The van der Waals surface area contributed by atoms with Gasteiger partial charge >= 0.3 is 0 Å². The number of thiocarbonyl (C=S) groups is 1. The molecule has 0 bridgehead atoms. The molecule has 0 aliphatic carbocycles. The minimum absolute atomic E-state index is 0.941. The van der Waals surface area contributed by atoms with Crippen molar-refractivity contribution in [3.63, 3.8) is 0 Å². The van der Waals surface area contributed by atoms with Gasteiger partial charge in [-0.15, -0.1) is 11.8 Å². The molecule has 82 valence electrons. The molecule has 0 aliphatic heterocycles. The fraction of sp³-hybridized carbons (Fsp3) is 0.364. The van der Waals surface area contributed by atoms with Crippen LogP contribution in [0.15, 0.2) is 29.2 Å². The zero-order valence-corrected chi connectivity index (χ0v) is 11.6. The Morgan fingerprint density at radius 2 is 2.00 bits per heavy atom. The van der Waals surface area contributed by atoms with Crippen LogP contribution in [0.5, 0.6) is 0 Å². The Kier molecular flexibility index (Phi) is 5.50. The first kappa shape index (κ1) is 12.9. The van der Waals surface area contributed by atoms with E-state index in [2.05, 4.69) is 31.2 Å². The average molecular weight is 257 g/mol. The Bertz CT molecular complexity index is 336. The predicted molar refractivity (Wildman–Crippen MR) is 75.8 cm³/mol. The van der Waals surface area contributed by atoms with E-state index in [4.69, 9.17) is 12.2 Å². The number of nitrogens with zero attached hydrogens (tertiary/aromatic N) is 1. The zero-order valence-electron chi connectivity index (χ0n) is 9.19. The van der Waals surface area contributed by atoms with Gasteiger partial charge in [0, 0.05) is 19.0 Å². The Balaban J connectivity index is 2.38. The first-order chi connectivity index (χ1) is 7.11. The minimum Gasteiger partial charge on any atom is -0.364 e. The lowest BCUT2D eigenvalue weighted by molar-refractivity contribution is 0.648. The number of aryl methyl sites for hydroxylation is 1. The van der Waals surface area contributed by atoms with Crippen molar-refractivity contribution < 1.29 is 0 Å². The second kappa shape index (κ2) is 6.40. The first-order valence-electron chi connectivity index (χ1n) is 4.64. The maximum absolute atomic E-state index is 5.20. The largest absolute Gasteiger partial charge is 0.364 e. The third kappa shape index (κ3) is 4.45. The summed E-state index contributed by atoms with van der Waals surface area (Å²) in [5, 5.41) is 0.974. The van der Waals surface area contributed by atoms with Gasteiger partial charge in [0.2, 0.25) is 0 Å². The summed E-state index contributed by atoms with van der Waals surface area (Å²) in [4.78, 5) is 3.31. The van der Waals surface area contributed by atoms with Crippen molar-refractivity contribution in [3.8, 4) is 0 Å². The van der Waals surface area contributed by atoms with Gasteiger partial charge in [0.05, 0.1) is 5.08 Å². The summed E-state index contributed by atoms with van der Waals surface area (Å²) in [5.74, 6) is 0. The third-order valence-electron chi connectivity index (χ3n) is 1.86. The molecule has 0 unspecified atom stereocenters. The molecular formula is C11H15NS3. The molecule has 0 fully saturated rings. The Labute approximate surface area is 106 Å². The highest BCUT2D eigenvalue weighted by Crippen LogP contribution is 2.26. The van der Waals surface area contributed by atoms with Gasteiger partial charge in [0.15, 0.2) is 0 Å². The number of rotatable bonds is 3. The van der Waals surface area contributed by atoms with E-state index in [1.807, 2.05) is 30.8 Å². The maximum atomic E-state index is 5.20. The summed E-state index contributed by atoms with van der Waals surface area (Å²) in [7, 11) is 3.96. The lowest BCUT2D eigenvalue weighted by atomic mass is 10.2. The Morgan fingerprint density at radius 1 is 1.33 bits per heavy atom. The van der Waals surface area contributed by atoms with Gasteiger partial charge in [0.25, 0.3) is 0 Å². The van der Waals surface area contributed by atoms with Crippen LogP contribution in [0.3, 0.4) is 0 Å². The summed E-state index contributed by atoms with van der Waals surface area (Å²) < 4.78 is 0.941. The monoisotopic (exact) mass is 257 g/mol. The molecule has 0 heterocycles. The highest BCUT2D eigenvalue weighted by atomic mass is 32.2. The van der Waals surface area contributed by atoms with Crippen LogP contribution in [0.4, 0.5) is 0 Å². The molecule has 1 nitrogen and oxygen atoms in total. The molecule has 0 saturated carbocycles. The van der Waals surface area contributed by atoms with E-state index in [1.165, 1.54) is 10.5 Å². The van der Waals surface area contributed by atoms with Crippen LogP contribution in [0.25, 0.3) is 0 Å². The molecule has 15 heavy (non-hydrogen) atoms. The average Bonchev–Trinajstić information content (AvgIpc) is 2.20. The molecular weight excluding hydrogens is 242 g/mol. The molecule has 4 heteroatoms.